The Balaban J connectivity index is 2.20. The summed E-state index contributed by atoms with van der Waals surface area (Å²) in [5.74, 6) is -0.232. The molecular weight excluding hydrogens is 282 g/mol. The summed E-state index contributed by atoms with van der Waals surface area (Å²) >= 11 is 0. The van der Waals surface area contributed by atoms with Gasteiger partial charge in [-0.2, -0.15) is 0 Å². The molecule has 1 aliphatic rings. The number of anilines is 1. The van der Waals surface area contributed by atoms with Gasteiger partial charge < -0.3 is 10.6 Å². The number of aromatic nitrogens is 1. The maximum Gasteiger partial charge on any atom is 0.265 e. The van der Waals surface area contributed by atoms with E-state index in [4.69, 9.17) is 0 Å². The summed E-state index contributed by atoms with van der Waals surface area (Å²) in [5, 5.41) is 5.49. The second-order valence-corrected chi connectivity index (χ2v) is 4.98. The topological polar surface area (TPSA) is 80.2 Å². The monoisotopic (exact) mass is 297 g/mol. The quantitative estimate of drug-likeness (QED) is 0.824. The van der Waals surface area contributed by atoms with E-state index in [1.54, 1.807) is 24.3 Å². The van der Waals surface area contributed by atoms with Crippen molar-refractivity contribution >= 4 is 17.5 Å². The maximum atomic E-state index is 12.7. The van der Waals surface area contributed by atoms with E-state index in [0.717, 1.165) is 0 Å². The minimum absolute atomic E-state index is 0.0192. The van der Waals surface area contributed by atoms with Gasteiger partial charge in [-0.1, -0.05) is 30.3 Å². The highest BCUT2D eigenvalue weighted by molar-refractivity contribution is 6.13. The van der Waals surface area contributed by atoms with Crippen LogP contribution in [0, 0.1) is 0 Å². The van der Waals surface area contributed by atoms with Crippen molar-refractivity contribution in [3.05, 3.63) is 63.4 Å². The molecule has 112 valence electrons. The largest absolute Gasteiger partial charge is 0.369 e. The van der Waals surface area contributed by atoms with Gasteiger partial charge in [0.25, 0.3) is 11.5 Å². The van der Waals surface area contributed by atoms with Crippen molar-refractivity contribution in [2.24, 2.45) is 0 Å². The first-order valence-corrected chi connectivity index (χ1v) is 6.97. The molecule has 0 saturated carbocycles. The van der Waals surface area contributed by atoms with E-state index in [1.807, 2.05) is 6.07 Å². The fourth-order valence-electron chi connectivity index (χ4n) is 2.57. The van der Waals surface area contributed by atoms with Crippen LogP contribution in [-0.2, 0) is 6.54 Å². The van der Waals surface area contributed by atoms with Crippen molar-refractivity contribution in [2.75, 3.05) is 18.9 Å². The Hall–Kier alpha value is -2.89. The molecule has 6 nitrogen and oxygen atoms in total. The number of hydrogen-bond donors (Lipinski definition) is 2. The van der Waals surface area contributed by atoms with Crippen LogP contribution in [0.15, 0.2) is 41.2 Å². The Morgan fingerprint density at radius 2 is 1.91 bits per heavy atom. The van der Waals surface area contributed by atoms with Gasteiger partial charge in [0, 0.05) is 25.7 Å². The van der Waals surface area contributed by atoms with Crippen molar-refractivity contribution in [3.8, 4) is 0 Å². The van der Waals surface area contributed by atoms with Gasteiger partial charge in [0.05, 0.1) is 5.56 Å². The summed E-state index contributed by atoms with van der Waals surface area (Å²) in [6, 6.07) is 10.2. The molecule has 0 unspecified atom stereocenters. The normalized spacial score (nSPS) is 12.4. The summed E-state index contributed by atoms with van der Waals surface area (Å²) in [5.41, 5.74) is 0.445. The highest BCUT2D eigenvalue weighted by Gasteiger charge is 2.25. The molecule has 0 aliphatic carbocycles. The lowest BCUT2D eigenvalue weighted by molar-refractivity contribution is 0.0961. The number of carbonyl (C=O) groups excluding carboxylic acids is 2. The summed E-state index contributed by atoms with van der Waals surface area (Å²) < 4.78 is 1.45. The minimum Gasteiger partial charge on any atom is -0.369 e. The first-order valence-electron chi connectivity index (χ1n) is 6.97. The highest BCUT2D eigenvalue weighted by atomic mass is 16.2. The van der Waals surface area contributed by atoms with Gasteiger partial charge in [-0.05, 0) is 6.07 Å². The summed E-state index contributed by atoms with van der Waals surface area (Å²) in [7, 11) is 1.45. The third-order valence-electron chi connectivity index (χ3n) is 3.67. The van der Waals surface area contributed by atoms with Crippen LogP contribution < -0.4 is 16.2 Å². The number of ketones is 1. The molecule has 0 saturated heterocycles. The van der Waals surface area contributed by atoms with E-state index in [0.29, 0.717) is 30.0 Å². The van der Waals surface area contributed by atoms with E-state index in [9.17, 15) is 14.4 Å². The van der Waals surface area contributed by atoms with Crippen molar-refractivity contribution in [1.82, 2.24) is 9.88 Å². The third kappa shape index (κ3) is 2.18. The molecule has 0 radical (unpaired) electrons. The zero-order valence-corrected chi connectivity index (χ0v) is 12.1. The lowest BCUT2D eigenvalue weighted by Crippen LogP contribution is -2.31. The minimum atomic E-state index is -0.491. The van der Waals surface area contributed by atoms with Gasteiger partial charge >= 0.3 is 0 Å². The molecule has 22 heavy (non-hydrogen) atoms. The summed E-state index contributed by atoms with van der Waals surface area (Å²) in [6.45, 7) is 0.996. The number of hydrogen-bond acceptors (Lipinski definition) is 4. The van der Waals surface area contributed by atoms with E-state index < -0.39 is 5.91 Å². The Labute approximate surface area is 126 Å². The molecule has 0 fully saturated rings. The highest BCUT2D eigenvalue weighted by Crippen LogP contribution is 2.22. The molecule has 1 aromatic carbocycles. The molecule has 6 heteroatoms. The summed E-state index contributed by atoms with van der Waals surface area (Å²) in [6.07, 6.45) is 0. The molecule has 1 aliphatic heterocycles. The Bertz CT molecular complexity index is 809. The molecule has 0 spiro atoms. The lowest BCUT2D eigenvalue weighted by atomic mass is 10.0. The zero-order chi connectivity index (χ0) is 15.7. The first kappa shape index (κ1) is 14.1. The van der Waals surface area contributed by atoms with Crippen molar-refractivity contribution in [1.29, 1.82) is 0 Å². The Kier molecular flexibility index (Phi) is 3.50. The fraction of sp³-hybridized carbons (Fsp3) is 0.188. The molecule has 1 amide bonds. The molecular formula is C16H15N3O3. The summed E-state index contributed by atoms with van der Waals surface area (Å²) in [4.78, 5) is 36.9. The van der Waals surface area contributed by atoms with Crippen molar-refractivity contribution in [3.63, 3.8) is 0 Å². The van der Waals surface area contributed by atoms with E-state index in [1.165, 1.54) is 17.7 Å². The van der Waals surface area contributed by atoms with Gasteiger partial charge in [0.1, 0.15) is 11.4 Å². The standard InChI is InChI=1S/C16H15N3O3/c1-17-15(21)12-9-11(13(20)10-5-3-2-4-6-10)14-18-7-8-19(14)16(12)22/h2-6,9,18H,7-8H2,1H3,(H,17,21). The van der Waals surface area contributed by atoms with Crippen LogP contribution in [0.4, 0.5) is 5.82 Å². The molecule has 1 aromatic heterocycles. The SMILES string of the molecule is CNC(=O)c1cc(C(=O)c2ccccc2)c2n(c1=O)CCN2. The predicted molar refractivity (Wildman–Crippen MR) is 82.5 cm³/mol. The van der Waals surface area contributed by atoms with E-state index in [2.05, 4.69) is 10.6 Å². The maximum absolute atomic E-state index is 12.7. The lowest BCUT2D eigenvalue weighted by Gasteiger charge is -2.11. The number of nitrogens with one attached hydrogen (secondary N) is 2. The molecule has 2 heterocycles. The van der Waals surface area contributed by atoms with Gasteiger partial charge in [-0.25, -0.2) is 0 Å². The third-order valence-corrected chi connectivity index (χ3v) is 3.67. The molecule has 2 N–H and O–H groups in total. The van der Waals surface area contributed by atoms with Crippen LogP contribution in [0.3, 0.4) is 0 Å². The number of carbonyl (C=O) groups is 2. The van der Waals surface area contributed by atoms with Crippen molar-refractivity contribution < 1.29 is 9.59 Å². The number of pyridine rings is 1. The van der Waals surface area contributed by atoms with Crippen LogP contribution in [0.5, 0.6) is 0 Å². The van der Waals surface area contributed by atoms with Gasteiger partial charge in [0.2, 0.25) is 0 Å². The van der Waals surface area contributed by atoms with Crippen LogP contribution >= 0.6 is 0 Å². The number of amides is 1. The average molecular weight is 297 g/mol. The first-order chi connectivity index (χ1) is 10.6. The fourth-order valence-corrected chi connectivity index (χ4v) is 2.57. The predicted octanol–water partition coefficient (Wildman–Crippen LogP) is 0.864. The molecule has 0 atom stereocenters. The molecule has 3 rings (SSSR count). The van der Waals surface area contributed by atoms with E-state index >= 15 is 0 Å². The van der Waals surface area contributed by atoms with Gasteiger partial charge in [0.15, 0.2) is 5.78 Å². The van der Waals surface area contributed by atoms with Crippen LogP contribution in [0.25, 0.3) is 0 Å². The number of nitrogens with zero attached hydrogens (tertiary/aromatic N) is 1. The smallest absolute Gasteiger partial charge is 0.265 e. The van der Waals surface area contributed by atoms with Crippen LogP contribution in [0.1, 0.15) is 26.3 Å². The zero-order valence-electron chi connectivity index (χ0n) is 12.1. The molecule has 2 aromatic rings. The Morgan fingerprint density at radius 1 is 1.18 bits per heavy atom. The second kappa shape index (κ2) is 5.48. The number of fused-ring (bicyclic) bond motifs is 1. The average Bonchev–Trinajstić information content (AvgIpc) is 3.05. The van der Waals surface area contributed by atoms with Gasteiger partial charge in [-0.15, -0.1) is 0 Å². The van der Waals surface area contributed by atoms with Crippen LogP contribution in [-0.4, -0.2) is 29.8 Å². The molecule has 0 bridgehead atoms. The Morgan fingerprint density at radius 3 is 2.59 bits per heavy atom. The van der Waals surface area contributed by atoms with E-state index in [-0.39, 0.29) is 16.9 Å². The number of rotatable bonds is 3. The number of benzene rings is 1. The second-order valence-electron chi connectivity index (χ2n) is 4.98. The van der Waals surface area contributed by atoms with Crippen molar-refractivity contribution in [2.45, 2.75) is 6.54 Å². The van der Waals surface area contributed by atoms with Gasteiger partial charge in [-0.3, -0.25) is 19.0 Å². The van der Waals surface area contributed by atoms with Crippen LogP contribution in [0.2, 0.25) is 0 Å².